The van der Waals surface area contributed by atoms with Crippen LogP contribution in [0.2, 0.25) is 5.15 Å². The van der Waals surface area contributed by atoms with Crippen LogP contribution in [0.4, 0.5) is 5.82 Å². The van der Waals surface area contributed by atoms with E-state index in [1.807, 2.05) is 9.80 Å². The number of carbonyl (C=O) groups is 2. The van der Waals surface area contributed by atoms with Gasteiger partial charge in [0.2, 0.25) is 11.8 Å². The predicted molar refractivity (Wildman–Crippen MR) is 162 cm³/mol. The molecule has 7 nitrogen and oxygen atoms in total. The Hall–Kier alpha value is -2.32. The fourth-order valence-corrected chi connectivity index (χ4v) is 7.45. The van der Waals surface area contributed by atoms with Gasteiger partial charge in [0.05, 0.1) is 5.75 Å². The minimum Gasteiger partial charge on any atom is -0.353 e. The highest BCUT2D eigenvalue weighted by atomic mass is 35.5. The lowest BCUT2D eigenvalue weighted by atomic mass is 9.90. The normalized spacial score (nSPS) is 20.8. The molecule has 1 saturated carbocycles. The van der Waals surface area contributed by atoms with Gasteiger partial charge in [-0.2, -0.15) is 0 Å². The van der Waals surface area contributed by atoms with Gasteiger partial charge in [0.15, 0.2) is 5.16 Å². The molecule has 0 radical (unpaired) electrons. The average molecular weight is 584 g/mol. The van der Waals surface area contributed by atoms with Crippen molar-refractivity contribution < 1.29 is 9.59 Å². The number of carbonyl (C=O) groups excluding carboxylic acids is 2. The van der Waals surface area contributed by atoms with E-state index in [0.717, 1.165) is 50.5 Å². The standard InChI is InChI=1S/C31H42ClN5O2S/c1-23-21-36(17-18-37(23)29(38)12-11-24-7-5-6-8-24)28-20-27(32)33-31(34-28)40-22-30(39)35-15-13-26(14-16-35)19-25-9-3-2-4-10-25/h2-4,9-10,20,23-24,26H,5-8,11-19,21-22H2,1H3. The molecule has 3 heterocycles. The van der Waals surface area contributed by atoms with Crippen LogP contribution < -0.4 is 4.90 Å². The van der Waals surface area contributed by atoms with Crippen molar-refractivity contribution in [1.29, 1.82) is 0 Å². The molecular formula is C31H42ClN5O2S. The molecule has 2 saturated heterocycles. The molecule has 9 heteroatoms. The monoisotopic (exact) mass is 583 g/mol. The van der Waals surface area contributed by atoms with Gasteiger partial charge < -0.3 is 14.7 Å². The smallest absolute Gasteiger partial charge is 0.233 e. The van der Waals surface area contributed by atoms with Gasteiger partial charge in [-0.3, -0.25) is 9.59 Å². The molecule has 3 fully saturated rings. The molecule has 216 valence electrons. The second kappa shape index (κ2) is 14.0. The highest BCUT2D eigenvalue weighted by molar-refractivity contribution is 7.99. The van der Waals surface area contributed by atoms with Crippen molar-refractivity contribution in [2.45, 2.75) is 75.9 Å². The lowest BCUT2D eigenvalue weighted by Crippen LogP contribution is -2.54. The van der Waals surface area contributed by atoms with Crippen LogP contribution in [0.5, 0.6) is 0 Å². The maximum absolute atomic E-state index is 13.0. The Morgan fingerprint density at radius 3 is 2.42 bits per heavy atom. The highest BCUT2D eigenvalue weighted by Gasteiger charge is 2.29. The van der Waals surface area contributed by atoms with Crippen molar-refractivity contribution in [2.24, 2.45) is 11.8 Å². The fourth-order valence-electron chi connectivity index (χ4n) is 6.47. The third-order valence-electron chi connectivity index (χ3n) is 8.83. The van der Waals surface area contributed by atoms with Crippen molar-refractivity contribution in [3.63, 3.8) is 0 Å². The van der Waals surface area contributed by atoms with E-state index in [0.29, 0.717) is 48.0 Å². The molecule has 2 amide bonds. The number of piperazine rings is 1. The van der Waals surface area contributed by atoms with Crippen LogP contribution in [-0.4, -0.2) is 76.1 Å². The number of hydrogen-bond donors (Lipinski definition) is 0. The molecule has 1 aromatic carbocycles. The first-order valence-corrected chi connectivity index (χ1v) is 16.3. The Labute approximate surface area is 248 Å². The molecule has 3 aliphatic rings. The maximum atomic E-state index is 13.0. The van der Waals surface area contributed by atoms with Crippen molar-refractivity contribution in [3.8, 4) is 0 Å². The lowest BCUT2D eigenvalue weighted by Gasteiger charge is -2.40. The molecule has 2 aromatic rings. The van der Waals surface area contributed by atoms with E-state index in [1.54, 1.807) is 6.07 Å². The first-order valence-electron chi connectivity index (χ1n) is 15.0. The van der Waals surface area contributed by atoms with E-state index < -0.39 is 0 Å². The molecule has 2 aliphatic heterocycles. The summed E-state index contributed by atoms with van der Waals surface area (Å²) in [5, 5.41) is 0.905. The molecule has 5 rings (SSSR count). The second-order valence-corrected chi connectivity index (χ2v) is 13.0. The summed E-state index contributed by atoms with van der Waals surface area (Å²) < 4.78 is 0. The van der Waals surface area contributed by atoms with E-state index in [1.165, 1.54) is 43.0 Å². The topological polar surface area (TPSA) is 69.6 Å². The van der Waals surface area contributed by atoms with Crippen LogP contribution in [0, 0.1) is 11.8 Å². The Kier molecular flexibility index (Phi) is 10.2. The van der Waals surface area contributed by atoms with Crippen LogP contribution in [0.3, 0.4) is 0 Å². The van der Waals surface area contributed by atoms with Crippen LogP contribution in [0.1, 0.15) is 63.9 Å². The van der Waals surface area contributed by atoms with Gasteiger partial charge in [0.25, 0.3) is 0 Å². The van der Waals surface area contributed by atoms with Gasteiger partial charge in [-0.15, -0.1) is 0 Å². The SMILES string of the molecule is CC1CN(c2cc(Cl)nc(SCC(=O)N3CCC(Cc4ccccc4)CC3)n2)CCN1C(=O)CCC1CCCC1. The number of halogens is 1. The summed E-state index contributed by atoms with van der Waals surface area (Å²) in [5.41, 5.74) is 1.37. The van der Waals surface area contributed by atoms with E-state index >= 15 is 0 Å². The van der Waals surface area contributed by atoms with Crippen molar-refractivity contribution in [2.75, 3.05) is 43.4 Å². The van der Waals surface area contributed by atoms with Crippen LogP contribution in [-0.2, 0) is 16.0 Å². The number of thioether (sulfide) groups is 1. The summed E-state index contributed by atoms with van der Waals surface area (Å²) in [6.07, 6.45) is 10.0. The van der Waals surface area contributed by atoms with Gasteiger partial charge in [-0.05, 0) is 50.0 Å². The fraction of sp³-hybridized carbons (Fsp3) is 0.613. The molecule has 0 bridgehead atoms. The quantitative estimate of drug-likeness (QED) is 0.214. The summed E-state index contributed by atoms with van der Waals surface area (Å²) >= 11 is 7.74. The van der Waals surface area contributed by atoms with Gasteiger partial charge in [-0.1, -0.05) is 79.4 Å². The third-order valence-corrected chi connectivity index (χ3v) is 9.86. The third kappa shape index (κ3) is 7.90. The van der Waals surface area contributed by atoms with Crippen LogP contribution >= 0.6 is 23.4 Å². The number of piperidine rings is 1. The van der Waals surface area contributed by atoms with Gasteiger partial charge in [-0.25, -0.2) is 9.97 Å². The molecule has 0 N–H and O–H groups in total. The van der Waals surface area contributed by atoms with Gasteiger partial charge in [0, 0.05) is 51.3 Å². The number of amides is 2. The first kappa shape index (κ1) is 29.2. The van der Waals surface area contributed by atoms with Gasteiger partial charge in [0.1, 0.15) is 11.0 Å². The first-order chi connectivity index (χ1) is 19.4. The zero-order chi connectivity index (χ0) is 27.9. The molecule has 40 heavy (non-hydrogen) atoms. The molecule has 1 aromatic heterocycles. The zero-order valence-electron chi connectivity index (χ0n) is 23.6. The lowest BCUT2D eigenvalue weighted by molar-refractivity contribution is -0.134. The number of benzene rings is 1. The van der Waals surface area contributed by atoms with Crippen LogP contribution in [0.15, 0.2) is 41.6 Å². The largest absolute Gasteiger partial charge is 0.353 e. The Morgan fingerprint density at radius 2 is 1.70 bits per heavy atom. The molecule has 0 spiro atoms. The minimum absolute atomic E-state index is 0.112. The summed E-state index contributed by atoms with van der Waals surface area (Å²) in [6.45, 7) is 5.84. The second-order valence-electron chi connectivity index (χ2n) is 11.7. The predicted octanol–water partition coefficient (Wildman–Crippen LogP) is 5.71. The summed E-state index contributed by atoms with van der Waals surface area (Å²) in [7, 11) is 0. The highest BCUT2D eigenvalue weighted by Crippen LogP contribution is 2.30. The van der Waals surface area contributed by atoms with Crippen molar-refractivity contribution >= 4 is 41.0 Å². The Bertz CT molecular complexity index is 1140. The van der Waals surface area contributed by atoms with E-state index in [2.05, 4.69) is 47.1 Å². The zero-order valence-corrected chi connectivity index (χ0v) is 25.2. The number of likely N-dealkylation sites (tertiary alicyclic amines) is 1. The number of rotatable bonds is 9. The average Bonchev–Trinajstić information content (AvgIpc) is 3.49. The Balaban J connectivity index is 1.08. The molecular weight excluding hydrogens is 542 g/mol. The van der Waals surface area contributed by atoms with Gasteiger partial charge >= 0.3 is 0 Å². The summed E-state index contributed by atoms with van der Waals surface area (Å²) in [5.74, 6) is 2.84. The van der Waals surface area contributed by atoms with E-state index in [9.17, 15) is 9.59 Å². The summed E-state index contributed by atoms with van der Waals surface area (Å²) in [4.78, 5) is 41.2. The molecule has 1 aliphatic carbocycles. The number of hydrogen-bond acceptors (Lipinski definition) is 6. The molecule has 1 unspecified atom stereocenters. The molecule has 1 atom stereocenters. The van der Waals surface area contributed by atoms with E-state index in [4.69, 9.17) is 16.6 Å². The Morgan fingerprint density at radius 1 is 0.950 bits per heavy atom. The summed E-state index contributed by atoms with van der Waals surface area (Å²) in [6, 6.07) is 12.5. The number of nitrogens with zero attached hydrogens (tertiary/aromatic N) is 5. The van der Waals surface area contributed by atoms with Crippen LogP contribution in [0.25, 0.3) is 0 Å². The number of anilines is 1. The minimum atomic E-state index is 0.112. The van der Waals surface area contributed by atoms with E-state index in [-0.39, 0.29) is 17.9 Å². The van der Waals surface area contributed by atoms with Crippen molar-refractivity contribution in [1.82, 2.24) is 19.8 Å². The van der Waals surface area contributed by atoms with Crippen molar-refractivity contribution in [3.05, 3.63) is 47.1 Å². The number of aromatic nitrogens is 2. The maximum Gasteiger partial charge on any atom is 0.233 e.